The van der Waals surface area contributed by atoms with Crippen molar-refractivity contribution < 1.29 is 4.74 Å². The van der Waals surface area contributed by atoms with Gasteiger partial charge in [-0.05, 0) is 20.8 Å². The van der Waals surface area contributed by atoms with Gasteiger partial charge in [-0.15, -0.1) is 0 Å². The highest BCUT2D eigenvalue weighted by atomic mass is 16.5. The number of pyridine rings is 1. The van der Waals surface area contributed by atoms with Crippen LogP contribution in [0.5, 0.6) is 5.75 Å². The molecular weight excluding hydrogens is 176 g/mol. The molecule has 0 saturated heterocycles. The molecule has 74 valence electrons. The maximum atomic E-state index is 5.50. The van der Waals surface area contributed by atoms with E-state index < -0.39 is 0 Å². The largest absolute Gasteiger partial charge is 0.493 e. The van der Waals surface area contributed by atoms with Gasteiger partial charge >= 0.3 is 0 Å². The van der Waals surface area contributed by atoms with Crippen molar-refractivity contribution in [1.29, 1.82) is 0 Å². The predicted molar refractivity (Wildman–Crippen MR) is 55.8 cm³/mol. The summed E-state index contributed by atoms with van der Waals surface area (Å²) in [6, 6.07) is 1.98. The molecule has 0 amide bonds. The minimum atomic E-state index is 0.691. The summed E-state index contributed by atoms with van der Waals surface area (Å²) in [4.78, 5) is 4.38. The van der Waals surface area contributed by atoms with Gasteiger partial charge in [-0.1, -0.05) is 0 Å². The van der Waals surface area contributed by atoms with E-state index >= 15 is 0 Å². The molecule has 0 atom stereocenters. The molecule has 2 aromatic rings. The molecule has 0 aliphatic rings. The summed E-state index contributed by atoms with van der Waals surface area (Å²) in [6.45, 7) is 6.71. The van der Waals surface area contributed by atoms with Crippen LogP contribution in [-0.2, 0) is 0 Å². The van der Waals surface area contributed by atoms with Gasteiger partial charge < -0.3 is 9.14 Å². The van der Waals surface area contributed by atoms with E-state index in [1.807, 2.05) is 43.6 Å². The number of imidazole rings is 1. The molecule has 2 aromatic heterocycles. The first-order valence-electron chi connectivity index (χ1n) is 4.79. The average molecular weight is 190 g/mol. The van der Waals surface area contributed by atoms with Gasteiger partial charge in [-0.25, -0.2) is 4.98 Å². The normalized spacial score (nSPS) is 10.8. The van der Waals surface area contributed by atoms with Gasteiger partial charge in [0, 0.05) is 24.0 Å². The van der Waals surface area contributed by atoms with Crippen LogP contribution in [0.4, 0.5) is 0 Å². The quantitative estimate of drug-likeness (QED) is 0.726. The van der Waals surface area contributed by atoms with E-state index in [-0.39, 0.29) is 0 Å². The van der Waals surface area contributed by atoms with Crippen molar-refractivity contribution in [3.8, 4) is 5.75 Å². The smallest absolute Gasteiger partial charge is 0.140 e. The second-order valence-corrected chi connectivity index (χ2v) is 3.40. The van der Waals surface area contributed by atoms with Crippen LogP contribution in [-0.4, -0.2) is 16.0 Å². The number of aromatic nitrogens is 2. The van der Waals surface area contributed by atoms with Crippen LogP contribution in [0.25, 0.3) is 5.65 Å². The van der Waals surface area contributed by atoms with E-state index in [2.05, 4.69) is 4.98 Å². The third-order valence-corrected chi connectivity index (χ3v) is 2.16. The van der Waals surface area contributed by atoms with Crippen LogP contribution in [0.1, 0.15) is 18.2 Å². The third kappa shape index (κ3) is 1.45. The van der Waals surface area contributed by atoms with Crippen molar-refractivity contribution in [2.75, 3.05) is 6.61 Å². The van der Waals surface area contributed by atoms with Gasteiger partial charge in [0.15, 0.2) is 0 Å². The van der Waals surface area contributed by atoms with E-state index in [0.29, 0.717) is 6.61 Å². The summed E-state index contributed by atoms with van der Waals surface area (Å²) in [6.07, 6.45) is 4.05. The molecular formula is C11H14N2O. The molecule has 0 bridgehead atoms. The van der Waals surface area contributed by atoms with Crippen LogP contribution >= 0.6 is 0 Å². The Morgan fingerprint density at radius 1 is 1.36 bits per heavy atom. The van der Waals surface area contributed by atoms with Crippen LogP contribution in [0.3, 0.4) is 0 Å². The van der Waals surface area contributed by atoms with Gasteiger partial charge in [0.2, 0.25) is 0 Å². The topological polar surface area (TPSA) is 26.5 Å². The van der Waals surface area contributed by atoms with Gasteiger partial charge in [0.05, 0.1) is 12.3 Å². The number of fused-ring (bicyclic) bond motifs is 1. The fourth-order valence-electron chi connectivity index (χ4n) is 1.56. The predicted octanol–water partition coefficient (Wildman–Crippen LogP) is 2.35. The summed E-state index contributed by atoms with van der Waals surface area (Å²) in [7, 11) is 0. The minimum absolute atomic E-state index is 0.691. The first-order chi connectivity index (χ1) is 6.70. The molecule has 0 aromatic carbocycles. The zero-order chi connectivity index (χ0) is 10.1. The molecule has 2 rings (SSSR count). The highest BCUT2D eigenvalue weighted by Crippen LogP contribution is 2.19. The fourth-order valence-corrected chi connectivity index (χ4v) is 1.56. The third-order valence-electron chi connectivity index (χ3n) is 2.16. The molecule has 14 heavy (non-hydrogen) atoms. The minimum Gasteiger partial charge on any atom is -0.493 e. The lowest BCUT2D eigenvalue weighted by Crippen LogP contribution is -1.96. The van der Waals surface area contributed by atoms with Gasteiger partial charge in [-0.2, -0.15) is 0 Å². The average Bonchev–Trinajstić information content (AvgIpc) is 2.45. The lowest BCUT2D eigenvalue weighted by Gasteiger charge is -2.06. The highest BCUT2D eigenvalue weighted by Gasteiger charge is 2.03. The van der Waals surface area contributed by atoms with Crippen molar-refractivity contribution in [2.45, 2.75) is 20.8 Å². The van der Waals surface area contributed by atoms with E-state index in [9.17, 15) is 0 Å². The number of aryl methyl sites for hydroxylation is 2. The highest BCUT2D eigenvalue weighted by molar-refractivity contribution is 5.48. The molecule has 3 heteroatoms. The number of ether oxygens (including phenoxy) is 1. The van der Waals surface area contributed by atoms with Crippen LogP contribution < -0.4 is 4.74 Å². The zero-order valence-electron chi connectivity index (χ0n) is 8.74. The zero-order valence-corrected chi connectivity index (χ0v) is 8.74. The Labute approximate surface area is 83.3 Å². The first-order valence-corrected chi connectivity index (χ1v) is 4.79. The van der Waals surface area contributed by atoms with Crippen LogP contribution in [0.2, 0.25) is 0 Å². The fraction of sp³-hybridized carbons (Fsp3) is 0.364. The molecule has 0 N–H and O–H groups in total. The summed E-state index contributed by atoms with van der Waals surface area (Å²) < 4.78 is 7.52. The Morgan fingerprint density at radius 2 is 2.14 bits per heavy atom. The van der Waals surface area contributed by atoms with E-state index in [1.54, 1.807) is 0 Å². The SMILES string of the molecule is CCOc1cc2nc(C)cn2cc1C. The summed E-state index contributed by atoms with van der Waals surface area (Å²) in [5, 5.41) is 0. The lowest BCUT2D eigenvalue weighted by molar-refractivity contribution is 0.338. The van der Waals surface area contributed by atoms with E-state index in [1.165, 1.54) is 0 Å². The molecule has 0 spiro atoms. The Kier molecular flexibility index (Phi) is 2.15. The maximum Gasteiger partial charge on any atom is 0.140 e. The number of nitrogens with zero attached hydrogens (tertiary/aromatic N) is 2. The Balaban J connectivity index is 2.58. The molecule has 0 aliphatic heterocycles. The van der Waals surface area contributed by atoms with Crippen molar-refractivity contribution in [3.05, 3.63) is 29.7 Å². The molecule has 0 saturated carbocycles. The number of hydrogen-bond donors (Lipinski definition) is 0. The Hall–Kier alpha value is -1.51. The van der Waals surface area contributed by atoms with Crippen molar-refractivity contribution in [2.24, 2.45) is 0 Å². The van der Waals surface area contributed by atoms with Crippen molar-refractivity contribution in [3.63, 3.8) is 0 Å². The molecule has 3 nitrogen and oxygen atoms in total. The Bertz CT molecular complexity index is 460. The standard InChI is InChI=1S/C11H14N2O/c1-4-14-10-5-11-12-9(3)7-13(11)6-8(10)2/h5-7H,4H2,1-3H3. The van der Waals surface area contributed by atoms with Gasteiger partial charge in [0.1, 0.15) is 11.4 Å². The van der Waals surface area contributed by atoms with E-state index in [0.717, 1.165) is 22.7 Å². The van der Waals surface area contributed by atoms with E-state index in [4.69, 9.17) is 4.74 Å². The summed E-state index contributed by atoms with van der Waals surface area (Å²) >= 11 is 0. The second kappa shape index (κ2) is 3.33. The monoisotopic (exact) mass is 190 g/mol. The maximum absolute atomic E-state index is 5.50. The van der Waals surface area contributed by atoms with Crippen LogP contribution in [0, 0.1) is 13.8 Å². The van der Waals surface area contributed by atoms with Gasteiger partial charge in [0.25, 0.3) is 0 Å². The Morgan fingerprint density at radius 3 is 2.86 bits per heavy atom. The molecule has 0 unspecified atom stereocenters. The lowest BCUT2D eigenvalue weighted by atomic mass is 10.3. The van der Waals surface area contributed by atoms with Crippen LogP contribution in [0.15, 0.2) is 18.5 Å². The second-order valence-electron chi connectivity index (χ2n) is 3.40. The molecule has 0 radical (unpaired) electrons. The van der Waals surface area contributed by atoms with Crippen molar-refractivity contribution in [1.82, 2.24) is 9.38 Å². The molecule has 2 heterocycles. The first kappa shape index (κ1) is 9.06. The number of rotatable bonds is 2. The summed E-state index contributed by atoms with van der Waals surface area (Å²) in [5.41, 5.74) is 3.10. The molecule has 0 aliphatic carbocycles. The molecule has 0 fully saturated rings. The summed E-state index contributed by atoms with van der Waals surface area (Å²) in [5.74, 6) is 0.922. The van der Waals surface area contributed by atoms with Crippen molar-refractivity contribution >= 4 is 5.65 Å². The van der Waals surface area contributed by atoms with Gasteiger partial charge in [-0.3, -0.25) is 0 Å². The number of hydrogen-bond acceptors (Lipinski definition) is 2.